The van der Waals surface area contributed by atoms with E-state index in [1.54, 1.807) is 0 Å². The topological polar surface area (TPSA) is 46.5 Å². The molecule has 0 amide bonds. The molecule has 4 heteroatoms. The third kappa shape index (κ3) is 3.96. The Morgan fingerprint density at radius 3 is 2.47 bits per heavy atom. The van der Waals surface area contributed by atoms with Crippen molar-refractivity contribution in [2.24, 2.45) is 5.92 Å². The molecule has 0 saturated carbocycles. The second kappa shape index (κ2) is 6.96. The Bertz CT molecular complexity index is 361. The largest absolute Gasteiger partial charge is 0.469 e. The van der Waals surface area contributed by atoms with Crippen molar-refractivity contribution < 1.29 is 14.6 Å². The lowest BCUT2D eigenvalue weighted by Gasteiger charge is -2.21. The summed E-state index contributed by atoms with van der Waals surface area (Å²) in [4.78, 5) is 11.8. The fraction of sp³-hybridized carbons (Fsp3) is 0.462. The summed E-state index contributed by atoms with van der Waals surface area (Å²) in [6.45, 7) is 2.04. The molecule has 0 aliphatic carbocycles. The van der Waals surface area contributed by atoms with E-state index in [4.69, 9.17) is 9.84 Å². The van der Waals surface area contributed by atoms with Gasteiger partial charge in [0.2, 0.25) is 0 Å². The number of aliphatic hydroxyl groups is 1. The highest BCUT2D eigenvalue weighted by Gasteiger charge is 2.27. The predicted octanol–water partition coefficient (Wildman–Crippen LogP) is 2.57. The molecule has 0 aliphatic rings. The Labute approximate surface area is 115 Å². The number of carbonyl (C=O) groups is 1. The van der Waals surface area contributed by atoms with Crippen molar-refractivity contribution in [3.63, 3.8) is 0 Å². The molecule has 3 nitrogen and oxygen atoms in total. The number of halogens is 1. The molecule has 0 aliphatic heterocycles. The molecule has 0 radical (unpaired) electrons. The van der Waals surface area contributed by atoms with Crippen molar-refractivity contribution in [1.82, 2.24) is 0 Å². The molecule has 0 bridgehead atoms. The van der Waals surface area contributed by atoms with Crippen LogP contribution in [0.5, 0.6) is 0 Å². The van der Waals surface area contributed by atoms with Gasteiger partial charge < -0.3 is 9.84 Å². The number of hydrogen-bond donors (Lipinski definition) is 1. The van der Waals surface area contributed by atoms with Crippen LogP contribution < -0.4 is 0 Å². The number of aliphatic hydroxyl groups excluding tert-OH is 1. The first-order valence-corrected chi connectivity index (χ1v) is 6.62. The molecule has 1 N–H and O–H groups in total. The molecular formula is C13H17IO3. The lowest BCUT2D eigenvalue weighted by molar-refractivity contribution is -0.143. The molecule has 2 atom stereocenters. The lowest BCUT2D eigenvalue weighted by atomic mass is 9.85. The molecule has 17 heavy (non-hydrogen) atoms. The summed E-state index contributed by atoms with van der Waals surface area (Å²) < 4.78 is 5.97. The van der Waals surface area contributed by atoms with Crippen LogP contribution >= 0.6 is 22.6 Å². The van der Waals surface area contributed by atoms with Crippen LogP contribution in [0.2, 0.25) is 0 Å². The van der Waals surface area contributed by atoms with E-state index in [-0.39, 0.29) is 24.4 Å². The monoisotopic (exact) mass is 348 g/mol. The van der Waals surface area contributed by atoms with Gasteiger partial charge in [0.1, 0.15) is 0 Å². The summed E-state index contributed by atoms with van der Waals surface area (Å²) in [5, 5.41) is 8.98. The smallest absolute Gasteiger partial charge is 0.313 e. The van der Waals surface area contributed by atoms with Crippen molar-refractivity contribution >= 4 is 28.6 Å². The summed E-state index contributed by atoms with van der Waals surface area (Å²) >= 11 is 2.22. The van der Waals surface area contributed by atoms with E-state index in [0.717, 1.165) is 9.13 Å². The van der Waals surface area contributed by atoms with Gasteiger partial charge in [-0.05, 0) is 52.6 Å². The first kappa shape index (κ1) is 14.4. The number of hydrogen-bond acceptors (Lipinski definition) is 3. The lowest BCUT2D eigenvalue weighted by Crippen LogP contribution is -2.22. The molecule has 0 saturated heterocycles. The summed E-state index contributed by atoms with van der Waals surface area (Å²) in [5.41, 5.74) is 0.943. The van der Waals surface area contributed by atoms with Gasteiger partial charge in [0, 0.05) is 10.2 Å². The van der Waals surface area contributed by atoms with Crippen molar-refractivity contribution in [2.45, 2.75) is 19.3 Å². The highest BCUT2D eigenvalue weighted by molar-refractivity contribution is 14.1. The van der Waals surface area contributed by atoms with Crippen LogP contribution in [0.15, 0.2) is 24.3 Å². The highest BCUT2D eigenvalue weighted by Crippen LogP contribution is 2.28. The van der Waals surface area contributed by atoms with Crippen LogP contribution in [0.4, 0.5) is 0 Å². The van der Waals surface area contributed by atoms with Crippen LogP contribution in [-0.4, -0.2) is 24.8 Å². The summed E-state index contributed by atoms with van der Waals surface area (Å²) in [6, 6.07) is 7.82. The zero-order valence-electron chi connectivity index (χ0n) is 10.0. The van der Waals surface area contributed by atoms with Gasteiger partial charge in [-0.2, -0.15) is 0 Å². The van der Waals surface area contributed by atoms with Crippen LogP contribution in [0.25, 0.3) is 0 Å². The Balaban J connectivity index is 2.97. The fourth-order valence-electron chi connectivity index (χ4n) is 1.86. The van der Waals surface area contributed by atoms with E-state index >= 15 is 0 Å². The SMILES string of the molecule is COC(=O)[C@H](c1ccc(I)cc1)[C@@H](C)CCO. The van der Waals surface area contributed by atoms with Gasteiger partial charge in [0.05, 0.1) is 13.0 Å². The second-order valence-electron chi connectivity index (χ2n) is 4.04. The number of benzene rings is 1. The number of rotatable bonds is 5. The van der Waals surface area contributed by atoms with Gasteiger partial charge in [0.25, 0.3) is 0 Å². The minimum absolute atomic E-state index is 0.0625. The zero-order valence-corrected chi connectivity index (χ0v) is 12.2. The number of esters is 1. The second-order valence-corrected chi connectivity index (χ2v) is 5.29. The normalized spacial score (nSPS) is 14.1. The van der Waals surface area contributed by atoms with Gasteiger partial charge in [-0.25, -0.2) is 0 Å². The highest BCUT2D eigenvalue weighted by atomic mass is 127. The minimum atomic E-state index is -0.302. The van der Waals surface area contributed by atoms with Gasteiger partial charge in [-0.1, -0.05) is 19.1 Å². The predicted molar refractivity (Wildman–Crippen MR) is 74.8 cm³/mol. The Hall–Kier alpha value is -0.620. The first-order valence-electron chi connectivity index (χ1n) is 5.54. The van der Waals surface area contributed by atoms with Gasteiger partial charge >= 0.3 is 5.97 Å². The van der Waals surface area contributed by atoms with E-state index in [2.05, 4.69) is 22.6 Å². The fourth-order valence-corrected chi connectivity index (χ4v) is 2.22. The van der Waals surface area contributed by atoms with Crippen LogP contribution in [0.3, 0.4) is 0 Å². The van der Waals surface area contributed by atoms with Crippen LogP contribution in [0, 0.1) is 9.49 Å². The summed E-state index contributed by atoms with van der Waals surface area (Å²) in [6.07, 6.45) is 0.589. The number of ether oxygens (including phenoxy) is 1. The van der Waals surface area contributed by atoms with Crippen molar-refractivity contribution in [1.29, 1.82) is 0 Å². The van der Waals surface area contributed by atoms with Gasteiger partial charge in [-0.15, -0.1) is 0 Å². The maximum absolute atomic E-state index is 11.8. The third-order valence-electron chi connectivity index (χ3n) is 2.84. The van der Waals surface area contributed by atoms with E-state index < -0.39 is 0 Å². The van der Waals surface area contributed by atoms with E-state index in [0.29, 0.717) is 6.42 Å². The molecule has 0 aromatic heterocycles. The number of carbonyl (C=O) groups excluding carboxylic acids is 1. The average Bonchev–Trinajstić information content (AvgIpc) is 2.32. The molecule has 1 rings (SSSR count). The van der Waals surface area contributed by atoms with Crippen molar-refractivity contribution in [3.05, 3.63) is 33.4 Å². The third-order valence-corrected chi connectivity index (χ3v) is 3.56. The minimum Gasteiger partial charge on any atom is -0.469 e. The van der Waals surface area contributed by atoms with Gasteiger partial charge in [-0.3, -0.25) is 4.79 Å². The Kier molecular flexibility index (Phi) is 5.91. The average molecular weight is 348 g/mol. The first-order chi connectivity index (χ1) is 8.10. The Morgan fingerprint density at radius 2 is 2.00 bits per heavy atom. The molecule has 1 aromatic rings. The van der Waals surface area contributed by atoms with E-state index in [1.807, 2.05) is 31.2 Å². The zero-order chi connectivity index (χ0) is 12.8. The molecule has 94 valence electrons. The van der Waals surface area contributed by atoms with E-state index in [9.17, 15) is 4.79 Å². The van der Waals surface area contributed by atoms with Crippen LogP contribution in [-0.2, 0) is 9.53 Å². The molecule has 0 unspecified atom stereocenters. The maximum atomic E-state index is 11.8. The standard InChI is InChI=1S/C13H17IO3/c1-9(7-8-15)12(13(16)17-2)10-3-5-11(14)6-4-10/h3-6,9,12,15H,7-8H2,1-2H3/t9-,12-/m0/s1. The molecule has 1 aromatic carbocycles. The Morgan fingerprint density at radius 1 is 1.41 bits per heavy atom. The quantitative estimate of drug-likeness (QED) is 0.657. The molecule has 0 spiro atoms. The van der Waals surface area contributed by atoms with Crippen molar-refractivity contribution in [3.8, 4) is 0 Å². The number of methoxy groups -OCH3 is 1. The summed E-state index contributed by atoms with van der Waals surface area (Å²) in [5.74, 6) is -0.483. The molecule has 0 heterocycles. The summed E-state index contributed by atoms with van der Waals surface area (Å²) in [7, 11) is 1.40. The van der Waals surface area contributed by atoms with Crippen LogP contribution in [0.1, 0.15) is 24.8 Å². The molecule has 0 fully saturated rings. The van der Waals surface area contributed by atoms with Crippen molar-refractivity contribution in [2.75, 3.05) is 13.7 Å². The van der Waals surface area contributed by atoms with E-state index in [1.165, 1.54) is 7.11 Å². The van der Waals surface area contributed by atoms with Gasteiger partial charge in [0.15, 0.2) is 0 Å². The molecular weight excluding hydrogens is 331 g/mol. The maximum Gasteiger partial charge on any atom is 0.313 e.